The number of carbonyl (C=O) groups is 6. The van der Waals surface area contributed by atoms with Crippen LogP contribution in [0.25, 0.3) is 0 Å². The Morgan fingerprint density at radius 1 is 0.342 bits per heavy atom. The minimum absolute atomic E-state index is 0.0919. The quantitative estimate of drug-likeness (QED) is 0.0517. The lowest BCUT2D eigenvalue weighted by molar-refractivity contribution is -0.358. The van der Waals surface area contributed by atoms with Crippen LogP contribution < -0.4 is 0 Å². The molecule has 2 aliphatic heterocycles. The molecule has 17 nitrogen and oxygen atoms in total. The Hall–Kier alpha value is -8.84. The number of hydrogen-bond acceptors (Lipinski definition) is 17. The summed E-state index contributed by atoms with van der Waals surface area (Å²) in [5.41, 5.74) is 1.47. The van der Waals surface area contributed by atoms with E-state index in [1.165, 1.54) is 55.6 Å². The highest BCUT2D eigenvalue weighted by atomic mass is 16.8. The van der Waals surface area contributed by atoms with Crippen molar-refractivity contribution in [3.05, 3.63) is 251 Å². The van der Waals surface area contributed by atoms with Crippen molar-refractivity contribution in [1.29, 1.82) is 0 Å². The van der Waals surface area contributed by atoms with Gasteiger partial charge < -0.3 is 52.1 Å². The summed E-state index contributed by atoms with van der Waals surface area (Å²) < 4.78 is 70.0. The molecule has 79 heavy (non-hydrogen) atoms. The molecule has 0 aromatic heterocycles. The zero-order valence-corrected chi connectivity index (χ0v) is 42.5. The standard InChI is InChI=1S/C62H54O17/c1-69-61-54(78-60(68)46-35-21-8-22-36-46)52(50(76-58(66)44-31-17-6-18-32-44)48(73-61)39-72-56(64)42-27-13-4-14-28-42)79-62-53(77-59(67)45-33-19-7-20-34-45)51(70-37-40-23-9-2-10-24-40)49(75-57(65)43-29-15-5-16-30-43)47(74-62)38-71-55(63)41-25-11-3-12-26-41/h2-36,47-54,61-62H,37-39H2,1H3/t47-,48-,49+,50+,51+,52+,53-,54-,61-,62+/m1/s1. The summed E-state index contributed by atoms with van der Waals surface area (Å²) in [4.78, 5) is 84.8. The average molecular weight is 1070 g/mol. The maximum Gasteiger partial charge on any atom is 0.338 e. The van der Waals surface area contributed by atoms with Crippen LogP contribution in [0, 0.1) is 0 Å². The van der Waals surface area contributed by atoms with Crippen LogP contribution in [-0.4, -0.2) is 118 Å². The smallest absolute Gasteiger partial charge is 0.338 e. The minimum atomic E-state index is -1.88. The van der Waals surface area contributed by atoms with Gasteiger partial charge in [0.1, 0.15) is 37.6 Å². The Labute approximate surface area is 454 Å². The molecule has 2 fully saturated rings. The number of esters is 6. The van der Waals surface area contributed by atoms with Gasteiger partial charge in [-0.1, -0.05) is 140 Å². The van der Waals surface area contributed by atoms with Crippen LogP contribution >= 0.6 is 0 Å². The van der Waals surface area contributed by atoms with Crippen molar-refractivity contribution >= 4 is 35.8 Å². The van der Waals surface area contributed by atoms with Crippen LogP contribution in [0.1, 0.15) is 67.7 Å². The Kier molecular flexibility index (Phi) is 18.7. The summed E-state index contributed by atoms with van der Waals surface area (Å²) in [6.45, 7) is -1.37. The fourth-order valence-electron chi connectivity index (χ4n) is 8.82. The highest BCUT2D eigenvalue weighted by Crippen LogP contribution is 2.37. The molecule has 7 aromatic rings. The largest absolute Gasteiger partial charge is 0.459 e. The maximum atomic E-state index is 14.5. The predicted molar refractivity (Wildman–Crippen MR) is 280 cm³/mol. The molecule has 0 bridgehead atoms. The molecular formula is C62H54O17. The molecule has 0 aliphatic carbocycles. The number of rotatable bonds is 20. The molecule has 9 rings (SSSR count). The van der Waals surface area contributed by atoms with Crippen molar-refractivity contribution < 1.29 is 80.9 Å². The van der Waals surface area contributed by atoms with E-state index in [0.717, 1.165) is 0 Å². The van der Waals surface area contributed by atoms with Crippen LogP contribution in [0.15, 0.2) is 212 Å². The third-order valence-corrected chi connectivity index (χ3v) is 12.8. The number of ether oxygens (including phenoxy) is 11. The summed E-state index contributed by atoms with van der Waals surface area (Å²) in [7, 11) is 1.27. The topological polar surface area (TPSA) is 204 Å². The van der Waals surface area contributed by atoms with Crippen molar-refractivity contribution in [2.45, 2.75) is 68.0 Å². The minimum Gasteiger partial charge on any atom is -0.459 e. The molecule has 0 saturated carbocycles. The van der Waals surface area contributed by atoms with Gasteiger partial charge in [-0.3, -0.25) is 0 Å². The molecule has 0 N–H and O–H groups in total. The molecule has 2 heterocycles. The molecule has 0 radical (unpaired) electrons. The van der Waals surface area contributed by atoms with E-state index < -0.39 is 110 Å². The molecule has 7 aromatic carbocycles. The van der Waals surface area contributed by atoms with E-state index in [1.54, 1.807) is 158 Å². The van der Waals surface area contributed by atoms with E-state index in [0.29, 0.717) is 5.56 Å². The van der Waals surface area contributed by atoms with E-state index >= 15 is 0 Å². The number of carbonyl (C=O) groups excluding carboxylic acids is 6. The van der Waals surface area contributed by atoms with Crippen molar-refractivity contribution in [2.24, 2.45) is 0 Å². The second kappa shape index (κ2) is 27.0. The molecule has 0 amide bonds. The summed E-state index contributed by atoms with van der Waals surface area (Å²) in [5, 5.41) is 0. The van der Waals surface area contributed by atoms with Gasteiger partial charge in [-0.2, -0.15) is 0 Å². The fourth-order valence-corrected chi connectivity index (χ4v) is 8.82. The van der Waals surface area contributed by atoms with Crippen molar-refractivity contribution in [3.63, 3.8) is 0 Å². The third-order valence-electron chi connectivity index (χ3n) is 12.8. The van der Waals surface area contributed by atoms with Gasteiger partial charge in [0.05, 0.1) is 40.0 Å². The molecule has 17 heteroatoms. The first-order valence-electron chi connectivity index (χ1n) is 25.3. The fraction of sp³-hybridized carbons (Fsp3) is 0.226. The second-order valence-corrected chi connectivity index (χ2v) is 18.1. The lowest BCUT2D eigenvalue weighted by Crippen LogP contribution is -2.67. The van der Waals surface area contributed by atoms with Crippen LogP contribution in [0.2, 0.25) is 0 Å². The number of hydrogen-bond donors (Lipinski definition) is 0. The number of methoxy groups -OCH3 is 1. The van der Waals surface area contributed by atoms with Crippen LogP contribution in [0.3, 0.4) is 0 Å². The van der Waals surface area contributed by atoms with Gasteiger partial charge in [0.25, 0.3) is 0 Å². The first-order chi connectivity index (χ1) is 38.6. The van der Waals surface area contributed by atoms with E-state index in [1.807, 2.05) is 6.07 Å². The van der Waals surface area contributed by atoms with E-state index in [9.17, 15) is 28.8 Å². The van der Waals surface area contributed by atoms with E-state index in [4.69, 9.17) is 52.1 Å². The Morgan fingerprint density at radius 3 is 0.987 bits per heavy atom. The lowest BCUT2D eigenvalue weighted by Gasteiger charge is -2.49. The van der Waals surface area contributed by atoms with Gasteiger partial charge in [-0.05, 0) is 78.4 Å². The molecule has 0 spiro atoms. The SMILES string of the molecule is CO[C@@H]1O[C@H](COC(=O)c2ccccc2)[C@H](OC(=O)c2ccccc2)[C@H](O[C@@H]2O[C@H](COC(=O)c3ccccc3)[C@H](OC(=O)c3ccccc3)[C@H](OCc3ccccc3)[C@H]2OC(=O)c2ccccc2)[C@H]1OC(=O)c1ccccc1. The zero-order valence-electron chi connectivity index (χ0n) is 42.5. The molecular weight excluding hydrogens is 1020 g/mol. The van der Waals surface area contributed by atoms with Gasteiger partial charge in [-0.25, -0.2) is 28.8 Å². The number of benzene rings is 7. The Balaban J connectivity index is 1.18. The first kappa shape index (κ1) is 54.9. The second-order valence-electron chi connectivity index (χ2n) is 18.1. The molecule has 404 valence electrons. The first-order valence-corrected chi connectivity index (χ1v) is 25.3. The molecule has 2 saturated heterocycles. The highest BCUT2D eigenvalue weighted by Gasteiger charge is 2.58. The Bertz CT molecular complexity index is 3100. The van der Waals surface area contributed by atoms with E-state index in [-0.39, 0.29) is 40.0 Å². The average Bonchev–Trinajstić information content (AvgIpc) is 3.61. The zero-order chi connectivity index (χ0) is 54.9. The van der Waals surface area contributed by atoms with Crippen molar-refractivity contribution in [2.75, 3.05) is 20.3 Å². The van der Waals surface area contributed by atoms with Crippen LogP contribution in [-0.2, 0) is 58.7 Å². The van der Waals surface area contributed by atoms with Crippen molar-refractivity contribution in [3.8, 4) is 0 Å². The predicted octanol–water partition coefficient (Wildman–Crippen LogP) is 8.67. The molecule has 2 aliphatic rings. The van der Waals surface area contributed by atoms with Crippen LogP contribution in [0.5, 0.6) is 0 Å². The van der Waals surface area contributed by atoms with Gasteiger partial charge in [0, 0.05) is 7.11 Å². The summed E-state index contributed by atoms with van der Waals surface area (Å²) in [6.07, 6.45) is -16.3. The van der Waals surface area contributed by atoms with E-state index in [2.05, 4.69) is 0 Å². The summed E-state index contributed by atoms with van der Waals surface area (Å²) in [6, 6.07) is 57.2. The molecule has 0 unspecified atom stereocenters. The van der Waals surface area contributed by atoms with Crippen molar-refractivity contribution in [1.82, 2.24) is 0 Å². The monoisotopic (exact) mass is 1070 g/mol. The summed E-state index contributed by atoms with van der Waals surface area (Å²) >= 11 is 0. The van der Waals surface area contributed by atoms with Crippen LogP contribution in [0.4, 0.5) is 0 Å². The van der Waals surface area contributed by atoms with Gasteiger partial charge >= 0.3 is 35.8 Å². The third kappa shape index (κ3) is 14.2. The molecule has 10 atom stereocenters. The normalized spacial score (nSPS) is 22.5. The summed E-state index contributed by atoms with van der Waals surface area (Å²) in [5.74, 6) is -5.04. The Morgan fingerprint density at radius 2 is 0.633 bits per heavy atom. The highest BCUT2D eigenvalue weighted by molar-refractivity contribution is 5.92. The maximum absolute atomic E-state index is 14.5. The lowest BCUT2D eigenvalue weighted by atomic mass is 9.95. The van der Waals surface area contributed by atoms with Gasteiger partial charge in [-0.15, -0.1) is 0 Å². The van der Waals surface area contributed by atoms with Gasteiger partial charge in [0.15, 0.2) is 37.0 Å². The van der Waals surface area contributed by atoms with Gasteiger partial charge in [0.2, 0.25) is 0 Å².